The lowest BCUT2D eigenvalue weighted by Gasteiger charge is -2.03. The summed E-state index contributed by atoms with van der Waals surface area (Å²) in [4.78, 5) is 10.3. The number of hydrogen-bond donors (Lipinski definition) is 1. The monoisotopic (exact) mass is 208 g/mol. The van der Waals surface area contributed by atoms with E-state index in [-0.39, 0.29) is 6.07 Å². The number of rotatable bonds is 2. The number of carbonyl (C=O) groups is 1. The van der Waals surface area contributed by atoms with Crippen LogP contribution in [0.15, 0.2) is 12.1 Å². The SMILES string of the molecule is O=C(O)c1cc(C(F)F)cc(F)c1F. The van der Waals surface area contributed by atoms with E-state index in [1.165, 1.54) is 0 Å². The highest BCUT2D eigenvalue weighted by Gasteiger charge is 2.19. The zero-order valence-electron chi connectivity index (χ0n) is 6.60. The molecule has 76 valence electrons. The average molecular weight is 208 g/mol. The van der Waals surface area contributed by atoms with Gasteiger partial charge < -0.3 is 5.11 Å². The molecule has 0 aliphatic heterocycles. The third kappa shape index (κ3) is 1.84. The van der Waals surface area contributed by atoms with Crippen LogP contribution in [0.25, 0.3) is 0 Å². The summed E-state index contributed by atoms with van der Waals surface area (Å²) in [6.45, 7) is 0. The lowest BCUT2D eigenvalue weighted by atomic mass is 10.1. The maximum Gasteiger partial charge on any atom is 0.338 e. The first-order chi connectivity index (χ1) is 6.43. The van der Waals surface area contributed by atoms with Crippen molar-refractivity contribution in [3.63, 3.8) is 0 Å². The molecule has 1 aromatic carbocycles. The molecule has 1 rings (SSSR count). The first-order valence-corrected chi connectivity index (χ1v) is 3.44. The van der Waals surface area contributed by atoms with Gasteiger partial charge in [-0.15, -0.1) is 0 Å². The van der Waals surface area contributed by atoms with Gasteiger partial charge in [0.15, 0.2) is 11.6 Å². The second kappa shape index (κ2) is 3.65. The number of carboxylic acids is 1. The summed E-state index contributed by atoms with van der Waals surface area (Å²) in [5, 5.41) is 8.34. The summed E-state index contributed by atoms with van der Waals surface area (Å²) in [6.07, 6.45) is -3.04. The highest BCUT2D eigenvalue weighted by molar-refractivity contribution is 5.88. The fourth-order valence-electron chi connectivity index (χ4n) is 0.892. The van der Waals surface area contributed by atoms with E-state index >= 15 is 0 Å². The van der Waals surface area contributed by atoms with Gasteiger partial charge in [0.1, 0.15) is 0 Å². The van der Waals surface area contributed by atoms with Crippen molar-refractivity contribution >= 4 is 5.97 Å². The predicted octanol–water partition coefficient (Wildman–Crippen LogP) is 2.60. The highest BCUT2D eigenvalue weighted by Crippen LogP contribution is 2.23. The van der Waals surface area contributed by atoms with Crippen LogP contribution >= 0.6 is 0 Å². The Labute approximate surface area is 75.8 Å². The molecular weight excluding hydrogens is 204 g/mol. The molecule has 0 aliphatic carbocycles. The Morgan fingerprint density at radius 1 is 1.29 bits per heavy atom. The Morgan fingerprint density at radius 2 is 1.86 bits per heavy atom. The van der Waals surface area contributed by atoms with E-state index in [4.69, 9.17) is 5.11 Å². The van der Waals surface area contributed by atoms with Crippen molar-refractivity contribution in [1.82, 2.24) is 0 Å². The Hall–Kier alpha value is -1.59. The summed E-state index contributed by atoms with van der Waals surface area (Å²) in [7, 11) is 0. The van der Waals surface area contributed by atoms with Gasteiger partial charge in [0.05, 0.1) is 5.56 Å². The van der Waals surface area contributed by atoms with Gasteiger partial charge in [0.25, 0.3) is 6.43 Å². The van der Waals surface area contributed by atoms with E-state index in [1.807, 2.05) is 0 Å². The van der Waals surface area contributed by atoms with Crippen LogP contribution in [0.5, 0.6) is 0 Å². The van der Waals surface area contributed by atoms with Crippen LogP contribution in [0.2, 0.25) is 0 Å². The minimum Gasteiger partial charge on any atom is -0.478 e. The molecule has 14 heavy (non-hydrogen) atoms. The summed E-state index contributed by atoms with van der Waals surface area (Å²) < 4.78 is 49.4. The van der Waals surface area contributed by atoms with Crippen LogP contribution < -0.4 is 0 Å². The van der Waals surface area contributed by atoms with Gasteiger partial charge in [-0.25, -0.2) is 22.4 Å². The molecule has 6 heteroatoms. The second-order valence-corrected chi connectivity index (χ2v) is 2.47. The number of hydrogen-bond acceptors (Lipinski definition) is 1. The molecule has 0 atom stereocenters. The van der Waals surface area contributed by atoms with Crippen LogP contribution in [0.4, 0.5) is 17.6 Å². The average Bonchev–Trinajstić information content (AvgIpc) is 2.08. The van der Waals surface area contributed by atoms with E-state index in [0.29, 0.717) is 6.07 Å². The van der Waals surface area contributed by atoms with Gasteiger partial charge in [0.2, 0.25) is 0 Å². The summed E-state index contributed by atoms with van der Waals surface area (Å²) in [5.41, 5.74) is -1.96. The van der Waals surface area contributed by atoms with Crippen molar-refractivity contribution in [3.05, 3.63) is 34.9 Å². The summed E-state index contributed by atoms with van der Waals surface area (Å²) in [5.74, 6) is -5.02. The minimum absolute atomic E-state index is 0.270. The number of carboxylic acid groups (broad SMARTS) is 1. The van der Waals surface area contributed by atoms with Crippen LogP contribution in [0.1, 0.15) is 22.3 Å². The lowest BCUT2D eigenvalue weighted by Crippen LogP contribution is -2.04. The molecular formula is C8H4F4O2. The normalized spacial score (nSPS) is 10.6. The Kier molecular flexibility index (Phi) is 2.73. The van der Waals surface area contributed by atoms with Gasteiger partial charge in [-0.2, -0.15) is 0 Å². The Bertz CT molecular complexity index is 376. The van der Waals surface area contributed by atoms with Crippen LogP contribution in [-0.2, 0) is 0 Å². The Balaban J connectivity index is 3.35. The van der Waals surface area contributed by atoms with Crippen LogP contribution in [-0.4, -0.2) is 11.1 Å². The number of benzene rings is 1. The third-order valence-electron chi connectivity index (χ3n) is 1.53. The molecule has 0 bridgehead atoms. The topological polar surface area (TPSA) is 37.3 Å². The Morgan fingerprint density at radius 3 is 2.29 bits per heavy atom. The maximum absolute atomic E-state index is 12.7. The molecule has 0 amide bonds. The lowest BCUT2D eigenvalue weighted by molar-refractivity contribution is 0.0690. The summed E-state index contributed by atoms with van der Waals surface area (Å²) >= 11 is 0. The molecule has 1 N–H and O–H groups in total. The highest BCUT2D eigenvalue weighted by atomic mass is 19.3. The molecule has 0 radical (unpaired) electrons. The quantitative estimate of drug-likeness (QED) is 0.758. The van der Waals surface area contributed by atoms with Crippen LogP contribution in [0.3, 0.4) is 0 Å². The minimum atomic E-state index is -3.04. The maximum atomic E-state index is 12.7. The van der Waals surface area contributed by atoms with Crippen molar-refractivity contribution in [3.8, 4) is 0 Å². The first kappa shape index (κ1) is 10.5. The smallest absolute Gasteiger partial charge is 0.338 e. The second-order valence-electron chi connectivity index (χ2n) is 2.47. The van der Waals surface area contributed by atoms with E-state index in [1.54, 1.807) is 0 Å². The zero-order valence-corrected chi connectivity index (χ0v) is 6.60. The van der Waals surface area contributed by atoms with Crippen molar-refractivity contribution in [2.75, 3.05) is 0 Å². The molecule has 0 unspecified atom stereocenters. The molecule has 0 heterocycles. The van der Waals surface area contributed by atoms with Gasteiger partial charge in [-0.05, 0) is 12.1 Å². The van der Waals surface area contributed by atoms with E-state index in [2.05, 4.69) is 0 Å². The fourth-order valence-corrected chi connectivity index (χ4v) is 0.892. The van der Waals surface area contributed by atoms with Crippen molar-refractivity contribution in [2.45, 2.75) is 6.43 Å². The summed E-state index contributed by atoms with van der Waals surface area (Å²) in [6, 6.07) is 0.678. The molecule has 0 aromatic heterocycles. The van der Waals surface area contributed by atoms with Crippen molar-refractivity contribution < 1.29 is 27.5 Å². The predicted molar refractivity (Wildman–Crippen MR) is 38.3 cm³/mol. The standard InChI is InChI=1S/C8H4F4O2/c9-5-2-3(7(11)12)1-4(6(5)10)8(13)14/h1-2,7H,(H,13,14). The van der Waals surface area contributed by atoms with Gasteiger partial charge in [-0.3, -0.25) is 0 Å². The van der Waals surface area contributed by atoms with E-state index < -0.39 is 35.2 Å². The molecule has 0 fully saturated rings. The largest absolute Gasteiger partial charge is 0.478 e. The third-order valence-corrected chi connectivity index (χ3v) is 1.53. The number of alkyl halides is 2. The van der Waals surface area contributed by atoms with E-state index in [9.17, 15) is 22.4 Å². The van der Waals surface area contributed by atoms with Gasteiger partial charge >= 0.3 is 5.97 Å². The molecule has 0 saturated carbocycles. The molecule has 0 spiro atoms. The molecule has 1 aromatic rings. The van der Waals surface area contributed by atoms with Gasteiger partial charge in [-0.1, -0.05) is 0 Å². The van der Waals surface area contributed by atoms with Gasteiger partial charge in [0, 0.05) is 5.56 Å². The first-order valence-electron chi connectivity index (χ1n) is 3.44. The van der Waals surface area contributed by atoms with Crippen molar-refractivity contribution in [2.24, 2.45) is 0 Å². The molecule has 2 nitrogen and oxygen atoms in total. The van der Waals surface area contributed by atoms with Crippen LogP contribution in [0, 0.1) is 11.6 Å². The molecule has 0 aliphatic rings. The fraction of sp³-hybridized carbons (Fsp3) is 0.125. The number of halogens is 4. The zero-order chi connectivity index (χ0) is 10.9. The number of aromatic carboxylic acids is 1. The van der Waals surface area contributed by atoms with E-state index in [0.717, 1.165) is 0 Å². The molecule has 0 saturated heterocycles. The van der Waals surface area contributed by atoms with Crippen molar-refractivity contribution in [1.29, 1.82) is 0 Å².